The Balaban J connectivity index is 1.93. The van der Waals surface area contributed by atoms with Crippen molar-refractivity contribution in [2.24, 2.45) is 0 Å². The number of ether oxygens (including phenoxy) is 3. The van der Waals surface area contributed by atoms with Crippen molar-refractivity contribution < 1.29 is 46.1 Å². The van der Waals surface area contributed by atoms with Crippen LogP contribution >= 0.6 is 0 Å². The number of aliphatic hydroxyl groups excluding tert-OH is 1. The first-order chi connectivity index (χ1) is 16.0. The van der Waals surface area contributed by atoms with Gasteiger partial charge in [0.15, 0.2) is 0 Å². The highest BCUT2D eigenvalue weighted by molar-refractivity contribution is 6.73. The Kier molecular flexibility index (Phi) is 7.56. The number of hydrogen-bond donors (Lipinski definition) is 2. The molecule has 198 valence electrons. The maximum Gasteiger partial charge on any atom is 0.471 e. The first-order valence-corrected chi connectivity index (χ1v) is 13.2. The topological polar surface area (TPSA) is 95.5 Å². The molecule has 5 atom stereocenters. The average Bonchev–Trinajstić information content (AvgIpc) is 2.74. The number of aliphatic hydroxyl groups is 1. The molecule has 1 amide bonds. The van der Waals surface area contributed by atoms with Gasteiger partial charge in [0.25, 0.3) is 0 Å². The van der Waals surface area contributed by atoms with Crippen molar-refractivity contribution in [3.05, 3.63) is 24.3 Å². The molecule has 2 saturated heterocycles. The molecule has 35 heavy (non-hydrogen) atoms. The molecule has 1 aromatic rings. The number of methoxy groups -OCH3 is 1. The van der Waals surface area contributed by atoms with Crippen molar-refractivity contribution >= 4 is 14.5 Å². The minimum atomic E-state index is -5.16. The van der Waals surface area contributed by atoms with E-state index in [4.69, 9.17) is 23.1 Å². The zero-order chi connectivity index (χ0) is 26.4. The summed E-state index contributed by atoms with van der Waals surface area (Å²) in [6.07, 6.45) is -9.99. The Hall–Kier alpha value is -1.86. The fraction of sp³-hybridized carbons (Fsp3) is 0.696. The number of fused-ring (bicyclic) bond motifs is 1. The van der Waals surface area contributed by atoms with E-state index in [1.54, 1.807) is 12.1 Å². The van der Waals surface area contributed by atoms with Crippen molar-refractivity contribution in [3.63, 3.8) is 0 Å². The summed E-state index contributed by atoms with van der Waals surface area (Å²) in [4.78, 5) is 11.8. The fourth-order valence-electron chi connectivity index (χ4n) is 4.81. The van der Waals surface area contributed by atoms with E-state index in [2.05, 4.69) is 0 Å². The van der Waals surface area contributed by atoms with E-state index < -0.39 is 61.4 Å². The van der Waals surface area contributed by atoms with Crippen molar-refractivity contribution in [2.45, 2.75) is 88.4 Å². The van der Waals surface area contributed by atoms with Gasteiger partial charge in [-0.2, -0.15) is 13.2 Å². The van der Waals surface area contributed by atoms with E-state index in [1.807, 2.05) is 46.9 Å². The van der Waals surface area contributed by atoms with Gasteiger partial charge in [0, 0.05) is 10.1 Å². The molecule has 0 radical (unpaired) electrons. The molecule has 12 heteroatoms. The number of amides is 1. The minimum absolute atomic E-state index is 0.0604. The molecule has 0 unspecified atom stereocenters. The van der Waals surface area contributed by atoms with Crippen LogP contribution in [0.25, 0.3) is 0 Å². The van der Waals surface area contributed by atoms with Gasteiger partial charge in [-0.3, -0.25) is 4.79 Å². The molecule has 2 N–H and O–H groups in total. The van der Waals surface area contributed by atoms with Crippen LogP contribution < -0.4 is 14.8 Å². The molecule has 8 nitrogen and oxygen atoms in total. The number of alkyl halides is 3. The van der Waals surface area contributed by atoms with Crippen LogP contribution in [0.5, 0.6) is 11.5 Å². The van der Waals surface area contributed by atoms with Crippen LogP contribution in [0.4, 0.5) is 13.2 Å². The minimum Gasteiger partial charge on any atom is -0.497 e. The molecule has 0 bridgehead atoms. The highest BCUT2D eigenvalue weighted by Crippen LogP contribution is 2.55. The third kappa shape index (κ3) is 5.46. The van der Waals surface area contributed by atoms with Crippen molar-refractivity contribution in [2.75, 3.05) is 13.7 Å². The van der Waals surface area contributed by atoms with Gasteiger partial charge >= 0.3 is 20.6 Å². The highest BCUT2D eigenvalue weighted by Gasteiger charge is 2.65. The van der Waals surface area contributed by atoms with Crippen LogP contribution in [0, 0.1) is 0 Å². The molecule has 0 aliphatic carbocycles. The summed E-state index contributed by atoms with van der Waals surface area (Å²) >= 11 is 0. The maximum absolute atomic E-state index is 13.1. The predicted molar refractivity (Wildman–Crippen MR) is 122 cm³/mol. The van der Waals surface area contributed by atoms with E-state index >= 15 is 0 Å². The summed E-state index contributed by atoms with van der Waals surface area (Å²) in [5, 5.41) is 12.2. The number of carbonyl (C=O) groups excluding carboxylic acids is 1. The molecule has 2 aliphatic heterocycles. The molecule has 3 rings (SSSR count). The number of carbonyl (C=O) groups is 1. The quantitative estimate of drug-likeness (QED) is 0.584. The van der Waals surface area contributed by atoms with E-state index in [9.17, 15) is 23.1 Å². The van der Waals surface area contributed by atoms with Crippen molar-refractivity contribution in [3.8, 4) is 11.5 Å². The lowest BCUT2D eigenvalue weighted by molar-refractivity contribution is -0.259. The zero-order valence-corrected chi connectivity index (χ0v) is 21.9. The number of benzene rings is 1. The first-order valence-electron chi connectivity index (χ1n) is 11.3. The molecule has 0 aromatic heterocycles. The number of halogens is 3. The van der Waals surface area contributed by atoms with Crippen LogP contribution in [-0.4, -0.2) is 70.1 Å². The van der Waals surface area contributed by atoms with Gasteiger partial charge < -0.3 is 33.5 Å². The van der Waals surface area contributed by atoms with Gasteiger partial charge in [-0.05, 0) is 24.3 Å². The second-order valence-corrected chi connectivity index (χ2v) is 15.6. The van der Waals surface area contributed by atoms with E-state index in [1.165, 1.54) is 19.2 Å². The number of rotatable bonds is 4. The van der Waals surface area contributed by atoms with Crippen LogP contribution in [0.2, 0.25) is 10.1 Å². The molecule has 2 aliphatic rings. The van der Waals surface area contributed by atoms with Crippen molar-refractivity contribution in [1.82, 2.24) is 5.32 Å². The van der Waals surface area contributed by atoms with Crippen LogP contribution in [0.1, 0.15) is 41.5 Å². The van der Waals surface area contributed by atoms with Crippen molar-refractivity contribution in [1.29, 1.82) is 0 Å². The smallest absolute Gasteiger partial charge is 0.471 e. The monoisotopic (exact) mass is 521 g/mol. The maximum atomic E-state index is 13.1. The van der Waals surface area contributed by atoms with Gasteiger partial charge in [-0.25, -0.2) is 0 Å². The normalized spacial score (nSPS) is 29.2. The molecule has 0 spiro atoms. The van der Waals surface area contributed by atoms with Gasteiger partial charge in [0.2, 0.25) is 6.29 Å². The Morgan fingerprint density at radius 1 is 1.06 bits per heavy atom. The number of nitrogens with one attached hydrogen (secondary N) is 1. The third-order valence-corrected chi connectivity index (χ3v) is 11.4. The predicted octanol–water partition coefficient (Wildman–Crippen LogP) is 3.66. The Morgan fingerprint density at radius 2 is 1.60 bits per heavy atom. The molecule has 0 saturated carbocycles. The molecule has 1 aromatic carbocycles. The van der Waals surface area contributed by atoms with Gasteiger partial charge in [0.1, 0.15) is 35.9 Å². The van der Waals surface area contributed by atoms with Crippen LogP contribution in [0.15, 0.2) is 24.3 Å². The van der Waals surface area contributed by atoms with E-state index in [0.717, 1.165) is 0 Å². The summed E-state index contributed by atoms with van der Waals surface area (Å²) in [7, 11) is -1.59. The summed E-state index contributed by atoms with van der Waals surface area (Å²) in [5.74, 6) is -1.42. The van der Waals surface area contributed by atoms with Crippen LogP contribution in [-0.2, 0) is 18.4 Å². The fourth-order valence-corrected chi connectivity index (χ4v) is 9.78. The van der Waals surface area contributed by atoms with Gasteiger partial charge in [-0.1, -0.05) is 41.5 Å². The summed E-state index contributed by atoms with van der Waals surface area (Å²) in [6, 6.07) is 4.71. The lowest BCUT2D eigenvalue weighted by atomic mass is 9.97. The summed E-state index contributed by atoms with van der Waals surface area (Å²) in [5.41, 5.74) is 0. The lowest BCUT2D eigenvalue weighted by Crippen LogP contribution is -2.73. The summed E-state index contributed by atoms with van der Waals surface area (Å²) < 4.78 is 69.0. The molecule has 2 heterocycles. The second-order valence-electron chi connectivity index (χ2n) is 10.8. The molecular weight excluding hydrogens is 487 g/mol. The van der Waals surface area contributed by atoms with Gasteiger partial charge in [0.05, 0.1) is 13.7 Å². The average molecular weight is 522 g/mol. The SMILES string of the molecule is COc1ccc(O[C@@H]2O[C@@H]3CO[Si](C(C)(C)C)(C(C)(C)C)O[C@@H]3[C@H](O)[C@H]2NC(=O)C(F)(F)F)cc1. The van der Waals surface area contributed by atoms with Crippen LogP contribution in [0.3, 0.4) is 0 Å². The Morgan fingerprint density at radius 3 is 2.09 bits per heavy atom. The standard InChI is InChI=1S/C23H34F3NO7Si/c1-21(2,3)35(22(4,5)6)31-12-15-18(34-35)17(28)16(27-20(29)23(24,25)26)19(33-15)32-14-10-8-13(30-7)9-11-14/h8-11,15-19,28H,12H2,1-7H3,(H,27,29)/t15-,16-,17-,18+,19-/m1/s1. The Labute approximate surface area is 204 Å². The number of hydrogen-bond acceptors (Lipinski definition) is 7. The lowest BCUT2D eigenvalue weighted by Gasteiger charge is -2.57. The van der Waals surface area contributed by atoms with E-state index in [-0.39, 0.29) is 12.4 Å². The second kappa shape index (κ2) is 9.54. The molecular formula is C23H34F3NO7Si. The third-order valence-electron chi connectivity index (χ3n) is 6.27. The van der Waals surface area contributed by atoms with Gasteiger partial charge in [-0.15, -0.1) is 0 Å². The summed E-state index contributed by atoms with van der Waals surface area (Å²) in [6.45, 7) is 11.9. The first kappa shape index (κ1) is 27.7. The zero-order valence-electron chi connectivity index (χ0n) is 20.9. The largest absolute Gasteiger partial charge is 0.497 e. The Bertz CT molecular complexity index is 884. The van der Waals surface area contributed by atoms with E-state index in [0.29, 0.717) is 5.75 Å². The highest BCUT2D eigenvalue weighted by atomic mass is 28.4. The molecule has 2 fully saturated rings.